The number of amides is 3. The minimum absolute atomic E-state index is 0.122. The smallest absolute Gasteiger partial charge is 0.329 e. The first-order valence-corrected chi connectivity index (χ1v) is 12.3. The molecule has 0 aromatic heterocycles. The highest BCUT2D eigenvalue weighted by atomic mass is 16.5. The number of carbonyl (C=O) groups is 3. The zero-order chi connectivity index (χ0) is 25.8. The van der Waals surface area contributed by atoms with Crippen molar-refractivity contribution in [1.29, 1.82) is 0 Å². The first-order chi connectivity index (χ1) is 17.2. The second-order valence-electron chi connectivity index (χ2n) is 9.84. The standard InChI is InChI=1S/C26H33BN4O5/c1-16-13-30(2)10-9-17-3-6-20(11-22(16)17)28-25(34)23-12-21(36-15-24(32)33)14-31(23)26(35)29-19-7-4-18(27)5-8-19/h3-8,11,16,21,23H,9-10,12-15,27H2,1-2H3,(H,28,34)(H,29,35)(H,32,33). The maximum atomic E-state index is 13.4. The van der Waals surface area contributed by atoms with Gasteiger partial charge in [0, 0.05) is 37.4 Å². The summed E-state index contributed by atoms with van der Waals surface area (Å²) in [5, 5.41) is 14.8. The van der Waals surface area contributed by atoms with Gasteiger partial charge in [0.1, 0.15) is 20.5 Å². The number of nitrogens with one attached hydrogen (secondary N) is 2. The molecule has 4 rings (SSSR count). The molecule has 0 bridgehead atoms. The lowest BCUT2D eigenvalue weighted by Crippen LogP contribution is -2.45. The van der Waals surface area contributed by atoms with Gasteiger partial charge in [0.15, 0.2) is 0 Å². The molecule has 0 spiro atoms. The van der Waals surface area contributed by atoms with E-state index in [1.807, 2.05) is 32.1 Å². The van der Waals surface area contributed by atoms with Gasteiger partial charge in [-0.3, -0.25) is 4.79 Å². The van der Waals surface area contributed by atoms with E-state index in [4.69, 9.17) is 9.84 Å². The minimum atomic E-state index is -1.09. The molecule has 1 saturated heterocycles. The van der Waals surface area contributed by atoms with Gasteiger partial charge in [-0.05, 0) is 54.8 Å². The molecule has 3 amide bonds. The van der Waals surface area contributed by atoms with E-state index in [0.717, 1.165) is 25.0 Å². The van der Waals surface area contributed by atoms with E-state index in [9.17, 15) is 14.4 Å². The molecule has 2 aromatic rings. The summed E-state index contributed by atoms with van der Waals surface area (Å²) in [6.45, 7) is 3.77. The van der Waals surface area contributed by atoms with Crippen molar-refractivity contribution in [3.63, 3.8) is 0 Å². The van der Waals surface area contributed by atoms with Crippen LogP contribution >= 0.6 is 0 Å². The third-order valence-electron chi connectivity index (χ3n) is 6.86. The third kappa shape index (κ3) is 6.25. The fraction of sp³-hybridized carbons (Fsp3) is 0.423. The molecule has 1 fully saturated rings. The van der Waals surface area contributed by atoms with Crippen molar-refractivity contribution < 1.29 is 24.2 Å². The van der Waals surface area contributed by atoms with E-state index in [2.05, 4.69) is 35.6 Å². The molecule has 10 heteroatoms. The Morgan fingerprint density at radius 3 is 2.53 bits per heavy atom. The highest BCUT2D eigenvalue weighted by molar-refractivity contribution is 6.32. The van der Waals surface area contributed by atoms with Crippen LogP contribution in [0.3, 0.4) is 0 Å². The van der Waals surface area contributed by atoms with Gasteiger partial charge < -0.3 is 30.3 Å². The molecule has 3 atom stereocenters. The number of anilines is 2. The number of nitrogens with zero attached hydrogens (tertiary/aromatic N) is 2. The summed E-state index contributed by atoms with van der Waals surface area (Å²) in [7, 11) is 4.07. The highest BCUT2D eigenvalue weighted by Gasteiger charge is 2.40. The monoisotopic (exact) mass is 492 g/mol. The van der Waals surface area contributed by atoms with Crippen LogP contribution in [-0.4, -0.2) is 86.1 Å². The van der Waals surface area contributed by atoms with Gasteiger partial charge in [0.25, 0.3) is 0 Å². The number of carboxylic acids is 1. The number of aliphatic carboxylic acids is 1. The first-order valence-electron chi connectivity index (χ1n) is 12.3. The van der Waals surface area contributed by atoms with Crippen LogP contribution in [0.1, 0.15) is 30.4 Å². The summed E-state index contributed by atoms with van der Waals surface area (Å²) in [6.07, 6.45) is 0.623. The normalized spacial score (nSPS) is 21.9. The van der Waals surface area contributed by atoms with Crippen molar-refractivity contribution in [3.8, 4) is 0 Å². The average Bonchev–Trinajstić information content (AvgIpc) is 3.22. The fourth-order valence-electron chi connectivity index (χ4n) is 4.97. The molecule has 2 aromatic carbocycles. The maximum absolute atomic E-state index is 13.4. The molecule has 190 valence electrons. The van der Waals surface area contributed by atoms with Crippen LogP contribution in [0.25, 0.3) is 0 Å². The number of rotatable bonds is 6. The van der Waals surface area contributed by atoms with Crippen molar-refractivity contribution in [2.24, 2.45) is 0 Å². The summed E-state index contributed by atoms with van der Waals surface area (Å²) in [5.74, 6) is -1.08. The van der Waals surface area contributed by atoms with E-state index < -0.39 is 30.8 Å². The number of carboxylic acid groups (broad SMARTS) is 1. The van der Waals surface area contributed by atoms with Gasteiger partial charge in [-0.25, -0.2) is 9.59 Å². The zero-order valence-corrected chi connectivity index (χ0v) is 21.0. The van der Waals surface area contributed by atoms with Crippen LogP contribution in [0.2, 0.25) is 0 Å². The maximum Gasteiger partial charge on any atom is 0.329 e. The molecular weight excluding hydrogens is 459 g/mol. The van der Waals surface area contributed by atoms with Crippen molar-refractivity contribution in [2.75, 3.05) is 43.9 Å². The minimum Gasteiger partial charge on any atom is -0.480 e. The third-order valence-corrected chi connectivity index (χ3v) is 6.86. The topological polar surface area (TPSA) is 111 Å². The van der Waals surface area contributed by atoms with Gasteiger partial charge in [-0.2, -0.15) is 0 Å². The van der Waals surface area contributed by atoms with Crippen LogP contribution in [0, 0.1) is 0 Å². The Bertz CT molecular complexity index is 1130. The predicted octanol–water partition coefficient (Wildman–Crippen LogP) is 1.25. The molecule has 2 heterocycles. The lowest BCUT2D eigenvalue weighted by molar-refractivity contribution is -0.144. The Morgan fingerprint density at radius 2 is 1.81 bits per heavy atom. The molecule has 3 N–H and O–H groups in total. The number of benzene rings is 2. The molecule has 9 nitrogen and oxygen atoms in total. The summed E-state index contributed by atoms with van der Waals surface area (Å²) >= 11 is 0. The van der Waals surface area contributed by atoms with Crippen LogP contribution in [-0.2, 0) is 20.7 Å². The summed E-state index contributed by atoms with van der Waals surface area (Å²) in [6, 6.07) is 12.1. The fourth-order valence-corrected chi connectivity index (χ4v) is 4.97. The molecule has 36 heavy (non-hydrogen) atoms. The van der Waals surface area contributed by atoms with Gasteiger partial charge in [0.05, 0.1) is 6.10 Å². The second kappa shape index (κ2) is 11.1. The largest absolute Gasteiger partial charge is 0.480 e. The van der Waals surface area contributed by atoms with E-state index in [-0.39, 0.29) is 18.9 Å². The first kappa shape index (κ1) is 25.7. The Morgan fingerprint density at radius 1 is 1.08 bits per heavy atom. The number of likely N-dealkylation sites (N-methyl/N-ethyl adjacent to an activating group) is 1. The Hall–Kier alpha value is -3.37. The van der Waals surface area contributed by atoms with Crippen LogP contribution in [0.5, 0.6) is 0 Å². The average molecular weight is 492 g/mol. The number of carbonyl (C=O) groups excluding carboxylic acids is 2. The number of urea groups is 1. The SMILES string of the molecule is Bc1ccc(NC(=O)N2CC(OCC(=O)O)CC2C(=O)Nc2ccc3c(c2)C(C)CN(C)CC3)cc1. The Labute approximate surface area is 212 Å². The predicted molar refractivity (Wildman–Crippen MR) is 141 cm³/mol. The number of ether oxygens (including phenoxy) is 1. The van der Waals surface area contributed by atoms with Crippen LogP contribution < -0.4 is 16.1 Å². The highest BCUT2D eigenvalue weighted by Crippen LogP contribution is 2.29. The van der Waals surface area contributed by atoms with Crippen LogP contribution in [0.15, 0.2) is 42.5 Å². The van der Waals surface area contributed by atoms with Gasteiger partial charge >= 0.3 is 12.0 Å². The lowest BCUT2D eigenvalue weighted by Gasteiger charge is -2.24. The van der Waals surface area contributed by atoms with Crippen molar-refractivity contribution in [1.82, 2.24) is 9.80 Å². The van der Waals surface area contributed by atoms with E-state index in [1.54, 1.807) is 12.1 Å². The molecule has 2 aliphatic rings. The van der Waals surface area contributed by atoms with Crippen molar-refractivity contribution in [2.45, 2.75) is 37.8 Å². The quantitative estimate of drug-likeness (QED) is 0.524. The summed E-state index contributed by atoms with van der Waals surface area (Å²) in [5.41, 5.74) is 4.87. The van der Waals surface area contributed by atoms with E-state index in [1.165, 1.54) is 16.0 Å². The molecule has 0 radical (unpaired) electrons. The Kier molecular flexibility index (Phi) is 7.96. The zero-order valence-electron chi connectivity index (χ0n) is 21.0. The lowest BCUT2D eigenvalue weighted by atomic mass is 9.94. The van der Waals surface area contributed by atoms with Crippen molar-refractivity contribution in [3.05, 3.63) is 53.6 Å². The number of hydrogen-bond donors (Lipinski definition) is 3. The van der Waals surface area contributed by atoms with Gasteiger partial charge in [-0.1, -0.05) is 30.6 Å². The van der Waals surface area contributed by atoms with E-state index in [0.29, 0.717) is 17.3 Å². The Balaban J connectivity index is 1.50. The van der Waals surface area contributed by atoms with Crippen LogP contribution in [0.4, 0.5) is 16.2 Å². The number of fused-ring (bicyclic) bond motifs is 1. The second-order valence-corrected chi connectivity index (χ2v) is 9.84. The van der Waals surface area contributed by atoms with Gasteiger partial charge in [0.2, 0.25) is 5.91 Å². The molecule has 0 aliphatic carbocycles. The molecule has 2 aliphatic heterocycles. The summed E-state index contributed by atoms with van der Waals surface area (Å²) < 4.78 is 5.45. The molecule has 3 unspecified atom stereocenters. The van der Waals surface area contributed by atoms with Gasteiger partial charge in [-0.15, -0.1) is 0 Å². The molecular formula is C26H33BN4O5. The number of hydrogen-bond acceptors (Lipinski definition) is 5. The summed E-state index contributed by atoms with van der Waals surface area (Å²) in [4.78, 5) is 41.2. The van der Waals surface area contributed by atoms with E-state index >= 15 is 0 Å². The molecule has 0 saturated carbocycles. The number of likely N-dealkylation sites (tertiary alicyclic amines) is 1. The van der Waals surface area contributed by atoms with Crippen molar-refractivity contribution >= 4 is 42.6 Å².